The van der Waals surface area contributed by atoms with Gasteiger partial charge in [0.15, 0.2) is 0 Å². The van der Waals surface area contributed by atoms with E-state index in [1.54, 1.807) is 71.5 Å². The highest BCUT2D eigenvalue weighted by Crippen LogP contribution is 2.29. The number of halogens is 2. The lowest BCUT2D eigenvalue weighted by Crippen LogP contribution is -2.29. The molecule has 34 heavy (non-hydrogen) atoms. The molecule has 4 aromatic rings. The average Bonchev–Trinajstić information content (AvgIpc) is 3.38. The number of nitrogens with zero attached hydrogens (tertiary/aromatic N) is 3. The molecule has 0 spiro atoms. The SMILES string of the molecule is O=C(Nc1cnn(Cc2c(Cl)cccc2Cl)c1)c1cccc(N2C(=O)c3ccccc3C2=O)c1. The van der Waals surface area contributed by atoms with Crippen LogP contribution in [-0.2, 0) is 6.54 Å². The van der Waals surface area contributed by atoms with Gasteiger partial charge in [-0.25, -0.2) is 4.90 Å². The molecule has 0 unspecified atom stereocenters. The summed E-state index contributed by atoms with van der Waals surface area (Å²) in [7, 11) is 0. The largest absolute Gasteiger partial charge is 0.319 e. The molecule has 1 aliphatic rings. The van der Waals surface area contributed by atoms with Gasteiger partial charge in [0.05, 0.1) is 35.2 Å². The molecule has 0 saturated heterocycles. The van der Waals surface area contributed by atoms with Gasteiger partial charge in [0.1, 0.15) is 0 Å². The minimum absolute atomic E-state index is 0.288. The number of fused-ring (bicyclic) bond motifs is 1. The van der Waals surface area contributed by atoms with Crippen molar-refractivity contribution in [2.75, 3.05) is 10.2 Å². The van der Waals surface area contributed by atoms with E-state index in [-0.39, 0.29) is 5.56 Å². The third-order valence-electron chi connectivity index (χ3n) is 5.43. The predicted molar refractivity (Wildman–Crippen MR) is 130 cm³/mol. The second-order valence-corrected chi connectivity index (χ2v) is 8.44. The summed E-state index contributed by atoms with van der Waals surface area (Å²) in [4.78, 5) is 39.4. The molecule has 5 rings (SSSR count). The van der Waals surface area contributed by atoms with E-state index in [1.807, 2.05) is 0 Å². The van der Waals surface area contributed by atoms with Gasteiger partial charge in [0.25, 0.3) is 17.7 Å². The monoisotopic (exact) mass is 490 g/mol. The topological polar surface area (TPSA) is 84.3 Å². The maximum atomic E-state index is 12.9. The zero-order valence-corrected chi connectivity index (χ0v) is 19.0. The lowest BCUT2D eigenvalue weighted by atomic mass is 10.1. The van der Waals surface area contributed by atoms with Crippen LogP contribution < -0.4 is 10.2 Å². The number of carbonyl (C=O) groups excluding carboxylic acids is 3. The molecule has 0 radical (unpaired) electrons. The standard InChI is InChI=1S/C25H16Cl2N4O3/c26-21-9-4-10-22(27)20(21)14-30-13-16(12-28-30)29-23(32)15-5-3-6-17(11-15)31-24(33)18-7-1-2-8-19(18)25(31)34/h1-13H,14H2,(H,29,32). The van der Waals surface area contributed by atoms with Gasteiger partial charge < -0.3 is 5.32 Å². The highest BCUT2D eigenvalue weighted by molar-refractivity contribution is 6.36. The molecule has 1 aliphatic heterocycles. The maximum absolute atomic E-state index is 12.9. The molecule has 0 atom stereocenters. The molecule has 3 aromatic carbocycles. The molecule has 0 aliphatic carbocycles. The second kappa shape index (κ2) is 8.78. The Labute approximate surface area is 204 Å². The Kier molecular flexibility index (Phi) is 5.65. The van der Waals surface area contributed by atoms with Crippen LogP contribution in [0, 0.1) is 0 Å². The van der Waals surface area contributed by atoms with Gasteiger partial charge in [-0.1, -0.05) is 47.5 Å². The van der Waals surface area contributed by atoms with E-state index in [0.717, 1.165) is 10.5 Å². The van der Waals surface area contributed by atoms with Gasteiger partial charge in [0, 0.05) is 27.4 Å². The molecular weight excluding hydrogens is 475 g/mol. The Hall–Kier alpha value is -3.94. The molecular formula is C25H16Cl2N4O3. The van der Waals surface area contributed by atoms with Crippen LogP contribution in [0.15, 0.2) is 79.1 Å². The van der Waals surface area contributed by atoms with Crippen molar-refractivity contribution in [3.05, 3.63) is 111 Å². The zero-order chi connectivity index (χ0) is 23.8. The number of hydrogen-bond acceptors (Lipinski definition) is 4. The van der Waals surface area contributed by atoms with Crippen molar-refractivity contribution in [1.82, 2.24) is 9.78 Å². The highest BCUT2D eigenvalue weighted by Gasteiger charge is 2.36. The van der Waals surface area contributed by atoms with Gasteiger partial charge in [-0.15, -0.1) is 0 Å². The predicted octanol–water partition coefficient (Wildman–Crippen LogP) is 5.29. The van der Waals surface area contributed by atoms with Crippen LogP contribution in [0.4, 0.5) is 11.4 Å². The number of carbonyl (C=O) groups is 3. The molecule has 9 heteroatoms. The lowest BCUT2D eigenvalue weighted by Gasteiger charge is -2.15. The number of hydrogen-bond donors (Lipinski definition) is 1. The quantitative estimate of drug-likeness (QED) is 0.385. The summed E-state index contributed by atoms with van der Waals surface area (Å²) in [6, 6.07) is 18.2. The van der Waals surface area contributed by atoms with Crippen molar-refractivity contribution in [3.8, 4) is 0 Å². The van der Waals surface area contributed by atoms with E-state index in [2.05, 4.69) is 10.4 Å². The van der Waals surface area contributed by atoms with Gasteiger partial charge in [-0.2, -0.15) is 5.10 Å². The Morgan fingerprint density at radius 1 is 0.882 bits per heavy atom. The van der Waals surface area contributed by atoms with E-state index in [9.17, 15) is 14.4 Å². The molecule has 7 nitrogen and oxygen atoms in total. The van der Waals surface area contributed by atoms with Crippen molar-refractivity contribution in [2.24, 2.45) is 0 Å². The third-order valence-corrected chi connectivity index (χ3v) is 6.14. The van der Waals surface area contributed by atoms with E-state index < -0.39 is 17.7 Å². The van der Waals surface area contributed by atoms with Crippen LogP contribution in [0.2, 0.25) is 10.0 Å². The maximum Gasteiger partial charge on any atom is 0.266 e. The summed E-state index contributed by atoms with van der Waals surface area (Å²) in [5, 5.41) is 8.08. The number of nitrogens with one attached hydrogen (secondary N) is 1. The number of amides is 3. The average molecular weight is 491 g/mol. The molecule has 3 amide bonds. The molecule has 1 aromatic heterocycles. The Morgan fingerprint density at radius 3 is 2.21 bits per heavy atom. The first-order valence-electron chi connectivity index (χ1n) is 10.3. The Bertz CT molecular complexity index is 1410. The Morgan fingerprint density at radius 2 is 1.53 bits per heavy atom. The smallest absolute Gasteiger partial charge is 0.266 e. The first-order valence-corrected chi connectivity index (χ1v) is 11.0. The number of benzene rings is 3. The molecule has 0 fully saturated rings. The third kappa shape index (κ3) is 3.96. The molecule has 168 valence electrons. The lowest BCUT2D eigenvalue weighted by molar-refractivity contribution is 0.0924. The summed E-state index contributed by atoms with van der Waals surface area (Å²) in [5.74, 6) is -1.25. The number of rotatable bonds is 5. The second-order valence-electron chi connectivity index (χ2n) is 7.62. The first-order chi connectivity index (χ1) is 16.4. The minimum Gasteiger partial charge on any atom is -0.319 e. The van der Waals surface area contributed by atoms with E-state index in [1.165, 1.54) is 12.3 Å². The van der Waals surface area contributed by atoms with Gasteiger partial charge in [-0.05, 0) is 42.5 Å². The molecule has 0 bridgehead atoms. The number of aromatic nitrogens is 2. The summed E-state index contributed by atoms with van der Waals surface area (Å²) >= 11 is 12.4. The van der Waals surface area contributed by atoms with Crippen molar-refractivity contribution in [3.63, 3.8) is 0 Å². The molecule has 0 saturated carbocycles. The fourth-order valence-electron chi connectivity index (χ4n) is 3.77. The summed E-state index contributed by atoms with van der Waals surface area (Å²) in [6.45, 7) is 0.337. The van der Waals surface area contributed by atoms with Crippen molar-refractivity contribution >= 4 is 52.3 Å². The van der Waals surface area contributed by atoms with Crippen molar-refractivity contribution in [1.29, 1.82) is 0 Å². The van der Waals surface area contributed by atoms with Crippen LogP contribution in [0.3, 0.4) is 0 Å². The fourth-order valence-corrected chi connectivity index (χ4v) is 4.29. The van der Waals surface area contributed by atoms with E-state index in [0.29, 0.717) is 39.1 Å². The van der Waals surface area contributed by atoms with Crippen LogP contribution in [0.1, 0.15) is 36.6 Å². The van der Waals surface area contributed by atoms with Gasteiger partial charge in [0.2, 0.25) is 0 Å². The highest BCUT2D eigenvalue weighted by atomic mass is 35.5. The van der Waals surface area contributed by atoms with E-state index >= 15 is 0 Å². The number of imide groups is 1. The van der Waals surface area contributed by atoms with Crippen molar-refractivity contribution in [2.45, 2.75) is 6.54 Å². The van der Waals surface area contributed by atoms with Gasteiger partial charge in [-0.3, -0.25) is 19.1 Å². The normalized spacial score (nSPS) is 12.7. The summed E-state index contributed by atoms with van der Waals surface area (Å²) < 4.78 is 1.61. The number of anilines is 2. The zero-order valence-electron chi connectivity index (χ0n) is 17.5. The molecule has 2 heterocycles. The van der Waals surface area contributed by atoms with Crippen LogP contribution in [0.5, 0.6) is 0 Å². The Balaban J connectivity index is 1.33. The van der Waals surface area contributed by atoms with Crippen molar-refractivity contribution < 1.29 is 14.4 Å². The van der Waals surface area contributed by atoms with Crippen LogP contribution in [0.25, 0.3) is 0 Å². The summed E-state index contributed by atoms with van der Waals surface area (Å²) in [6.07, 6.45) is 3.17. The van der Waals surface area contributed by atoms with Crippen LogP contribution in [-0.4, -0.2) is 27.5 Å². The molecule has 1 N–H and O–H groups in total. The summed E-state index contributed by atoms with van der Waals surface area (Å²) in [5.41, 5.74) is 2.49. The van der Waals surface area contributed by atoms with Gasteiger partial charge >= 0.3 is 0 Å². The first kappa shape index (κ1) is 21.9. The minimum atomic E-state index is -0.419. The van der Waals surface area contributed by atoms with Crippen LogP contribution >= 0.6 is 23.2 Å². The fraction of sp³-hybridized carbons (Fsp3) is 0.0400. The van der Waals surface area contributed by atoms with E-state index in [4.69, 9.17) is 23.2 Å².